The molecule has 2 N–H and O–H groups in total. The van der Waals surface area contributed by atoms with Crippen molar-refractivity contribution >= 4 is 31.5 Å². The second-order valence-electron chi connectivity index (χ2n) is 6.92. The lowest BCUT2D eigenvalue weighted by Gasteiger charge is -2.28. The van der Waals surface area contributed by atoms with Gasteiger partial charge in [0.05, 0.1) is 23.8 Å². The summed E-state index contributed by atoms with van der Waals surface area (Å²) in [6.45, 7) is 1.70. The maximum Gasteiger partial charge on any atom is 0.251 e. The van der Waals surface area contributed by atoms with Gasteiger partial charge < -0.3 is 5.32 Å². The SMILES string of the molecule is CS(=O)(=O)Nc1cccc(C(=O)NC2CS(=O)(=O)CC2N2CCCC2)c1. The van der Waals surface area contributed by atoms with E-state index in [0.29, 0.717) is 0 Å². The van der Waals surface area contributed by atoms with Crippen LogP contribution < -0.4 is 10.0 Å². The zero-order chi connectivity index (χ0) is 18.9. The fraction of sp³-hybridized carbons (Fsp3) is 0.562. The molecule has 0 aliphatic carbocycles. The Morgan fingerprint density at radius 2 is 1.88 bits per heavy atom. The van der Waals surface area contributed by atoms with Crippen LogP contribution in [-0.2, 0) is 19.9 Å². The van der Waals surface area contributed by atoms with Crippen molar-refractivity contribution < 1.29 is 21.6 Å². The van der Waals surface area contributed by atoms with Gasteiger partial charge in [0.1, 0.15) is 0 Å². The summed E-state index contributed by atoms with van der Waals surface area (Å²) in [6.07, 6.45) is 3.11. The third-order valence-corrected chi connectivity index (χ3v) is 7.00. The summed E-state index contributed by atoms with van der Waals surface area (Å²) in [7, 11) is -6.64. The maximum absolute atomic E-state index is 12.6. The van der Waals surface area contributed by atoms with E-state index in [4.69, 9.17) is 0 Å². The van der Waals surface area contributed by atoms with Crippen LogP contribution in [0.1, 0.15) is 23.2 Å². The molecular weight excluding hydrogens is 378 g/mol. The minimum absolute atomic E-state index is 0.0631. The molecule has 2 unspecified atom stereocenters. The van der Waals surface area contributed by atoms with Crippen LogP contribution in [0, 0.1) is 0 Å². The monoisotopic (exact) mass is 401 g/mol. The summed E-state index contributed by atoms with van der Waals surface area (Å²) >= 11 is 0. The van der Waals surface area contributed by atoms with E-state index in [2.05, 4.69) is 14.9 Å². The van der Waals surface area contributed by atoms with Gasteiger partial charge in [-0.3, -0.25) is 14.4 Å². The second kappa shape index (κ2) is 7.16. The van der Waals surface area contributed by atoms with Gasteiger partial charge in [0.15, 0.2) is 9.84 Å². The van der Waals surface area contributed by atoms with Gasteiger partial charge in [-0.1, -0.05) is 6.07 Å². The molecule has 0 saturated carbocycles. The Morgan fingerprint density at radius 1 is 1.19 bits per heavy atom. The van der Waals surface area contributed by atoms with E-state index in [1.54, 1.807) is 18.2 Å². The summed E-state index contributed by atoms with van der Waals surface area (Å²) in [5.41, 5.74) is 0.568. The number of benzene rings is 1. The van der Waals surface area contributed by atoms with Gasteiger partial charge in [0.2, 0.25) is 10.0 Å². The van der Waals surface area contributed by atoms with Crippen molar-refractivity contribution in [3.8, 4) is 0 Å². The Hall–Kier alpha value is -1.65. The van der Waals surface area contributed by atoms with Gasteiger partial charge in [-0.2, -0.15) is 0 Å². The number of hydrogen-bond acceptors (Lipinski definition) is 6. The molecule has 2 atom stereocenters. The summed E-state index contributed by atoms with van der Waals surface area (Å²) < 4.78 is 49.2. The number of carbonyl (C=O) groups excluding carboxylic acids is 1. The average molecular weight is 402 g/mol. The molecule has 0 spiro atoms. The van der Waals surface area contributed by atoms with E-state index < -0.39 is 31.8 Å². The van der Waals surface area contributed by atoms with Crippen LogP contribution in [0.2, 0.25) is 0 Å². The minimum Gasteiger partial charge on any atom is -0.347 e. The number of hydrogen-bond donors (Lipinski definition) is 2. The van der Waals surface area contributed by atoms with Crippen molar-refractivity contribution in [2.45, 2.75) is 24.9 Å². The predicted molar refractivity (Wildman–Crippen MR) is 99.4 cm³/mol. The maximum atomic E-state index is 12.6. The number of likely N-dealkylation sites (tertiary alicyclic amines) is 1. The first kappa shape index (κ1) is 19.1. The number of nitrogens with zero attached hydrogens (tertiary/aromatic N) is 1. The van der Waals surface area contributed by atoms with Crippen molar-refractivity contribution in [2.24, 2.45) is 0 Å². The molecule has 0 radical (unpaired) electrons. The van der Waals surface area contributed by atoms with Crippen molar-refractivity contribution in [1.82, 2.24) is 10.2 Å². The first-order valence-corrected chi connectivity index (χ1v) is 12.2. The molecule has 2 fully saturated rings. The summed E-state index contributed by atoms with van der Waals surface area (Å²) in [5.74, 6) is -0.414. The van der Waals surface area contributed by atoms with Crippen LogP contribution in [-0.4, -0.2) is 70.6 Å². The second-order valence-corrected chi connectivity index (χ2v) is 10.8. The normalized spacial score (nSPS) is 25.9. The zero-order valence-corrected chi connectivity index (χ0v) is 16.1. The highest BCUT2D eigenvalue weighted by atomic mass is 32.2. The van der Waals surface area contributed by atoms with Gasteiger partial charge in [-0.25, -0.2) is 16.8 Å². The minimum atomic E-state index is -3.44. The largest absolute Gasteiger partial charge is 0.347 e. The lowest BCUT2D eigenvalue weighted by molar-refractivity contribution is 0.0918. The first-order valence-electron chi connectivity index (χ1n) is 8.46. The molecule has 0 bridgehead atoms. The number of anilines is 1. The number of nitrogens with one attached hydrogen (secondary N) is 2. The Kier molecular flexibility index (Phi) is 5.27. The van der Waals surface area contributed by atoms with Gasteiger partial charge in [0, 0.05) is 17.3 Å². The van der Waals surface area contributed by atoms with E-state index >= 15 is 0 Å². The lowest BCUT2D eigenvalue weighted by atomic mass is 10.1. The van der Waals surface area contributed by atoms with Crippen LogP contribution in [0.4, 0.5) is 5.69 Å². The van der Waals surface area contributed by atoms with Crippen molar-refractivity contribution in [3.63, 3.8) is 0 Å². The summed E-state index contributed by atoms with van der Waals surface area (Å²) in [5, 5.41) is 2.83. The van der Waals surface area contributed by atoms with Crippen molar-refractivity contribution in [3.05, 3.63) is 29.8 Å². The molecule has 144 valence electrons. The van der Waals surface area contributed by atoms with Gasteiger partial charge >= 0.3 is 0 Å². The third kappa shape index (κ3) is 4.74. The third-order valence-electron chi connectivity index (χ3n) is 4.68. The van der Waals surface area contributed by atoms with E-state index in [9.17, 15) is 21.6 Å². The Morgan fingerprint density at radius 3 is 2.54 bits per heavy atom. The molecule has 1 amide bonds. The van der Waals surface area contributed by atoms with Crippen LogP contribution in [0.25, 0.3) is 0 Å². The molecule has 26 heavy (non-hydrogen) atoms. The quantitative estimate of drug-likeness (QED) is 0.721. The Balaban J connectivity index is 1.75. The molecule has 1 aromatic rings. The van der Waals surface area contributed by atoms with Crippen molar-refractivity contribution in [1.29, 1.82) is 0 Å². The van der Waals surface area contributed by atoms with Crippen LogP contribution in [0.15, 0.2) is 24.3 Å². The molecule has 0 aromatic heterocycles. The first-order chi connectivity index (χ1) is 12.1. The number of carbonyl (C=O) groups is 1. The average Bonchev–Trinajstić information content (AvgIpc) is 3.13. The molecular formula is C16H23N3O5S2. The summed E-state index contributed by atoms with van der Waals surface area (Å²) in [4.78, 5) is 14.7. The van der Waals surface area contributed by atoms with Gasteiger partial charge in [-0.05, 0) is 44.1 Å². The number of sulfonamides is 1. The Labute approximate surface area is 153 Å². The molecule has 2 aliphatic rings. The van der Waals surface area contributed by atoms with E-state index in [0.717, 1.165) is 32.2 Å². The van der Waals surface area contributed by atoms with E-state index in [1.165, 1.54) is 6.07 Å². The Bertz CT molecular complexity index is 892. The smallest absolute Gasteiger partial charge is 0.251 e. The number of rotatable bonds is 5. The zero-order valence-electron chi connectivity index (χ0n) is 14.5. The van der Waals surface area contributed by atoms with Crippen molar-refractivity contribution in [2.75, 3.05) is 35.6 Å². The van der Waals surface area contributed by atoms with Gasteiger partial charge in [-0.15, -0.1) is 0 Å². The van der Waals surface area contributed by atoms with Crippen LogP contribution in [0.5, 0.6) is 0 Å². The molecule has 10 heteroatoms. The highest BCUT2D eigenvalue weighted by Crippen LogP contribution is 2.23. The lowest BCUT2D eigenvalue weighted by Crippen LogP contribution is -2.50. The highest BCUT2D eigenvalue weighted by Gasteiger charge is 2.42. The molecule has 2 saturated heterocycles. The predicted octanol–water partition coefficient (Wildman–Crippen LogP) is 0.0493. The molecule has 2 heterocycles. The fourth-order valence-corrected chi connectivity index (χ4v) is 6.10. The summed E-state index contributed by atoms with van der Waals surface area (Å²) in [6, 6.07) is 5.46. The molecule has 2 aliphatic heterocycles. The number of sulfone groups is 1. The van der Waals surface area contributed by atoms with Crippen LogP contribution in [0.3, 0.4) is 0 Å². The topological polar surface area (TPSA) is 113 Å². The van der Waals surface area contributed by atoms with Gasteiger partial charge in [0.25, 0.3) is 5.91 Å². The number of amides is 1. The molecule has 3 rings (SSSR count). The van der Waals surface area contributed by atoms with E-state index in [-0.39, 0.29) is 28.8 Å². The molecule has 1 aromatic carbocycles. The fourth-order valence-electron chi connectivity index (χ4n) is 3.59. The van der Waals surface area contributed by atoms with E-state index in [1.807, 2.05) is 0 Å². The highest BCUT2D eigenvalue weighted by molar-refractivity contribution is 7.92. The molecule has 8 nitrogen and oxygen atoms in total. The van der Waals surface area contributed by atoms with Crippen LogP contribution >= 0.6 is 0 Å². The standard InChI is InChI=1S/C16H23N3O5S2/c1-25(21,22)18-13-6-4-5-12(9-13)16(20)17-14-10-26(23,24)11-15(14)19-7-2-3-8-19/h4-6,9,14-15,18H,2-3,7-8,10-11H2,1H3,(H,17,20).